The van der Waals surface area contributed by atoms with E-state index < -0.39 is 0 Å². The van der Waals surface area contributed by atoms with Crippen molar-refractivity contribution in [3.8, 4) is 0 Å². The SMILES string of the molecule is CN1CCN([13CH2]C=[18O])CC1. The van der Waals surface area contributed by atoms with E-state index in [1.807, 2.05) is 0 Å². The second-order valence-electron chi connectivity index (χ2n) is 2.77. The molecule has 0 aromatic heterocycles. The quantitative estimate of drug-likeness (QED) is 0.295. The van der Waals surface area contributed by atoms with Crippen molar-refractivity contribution >= 4 is 6.29 Å². The third kappa shape index (κ3) is 2.08. The Kier molecular flexibility index (Phi) is 2.83. The number of aldehydes is 1. The molecule has 1 aliphatic rings. The smallest absolute Gasteiger partial charge is 0.133 e. The molecule has 0 aliphatic carbocycles. The van der Waals surface area contributed by atoms with Crippen molar-refractivity contribution in [1.82, 2.24) is 9.80 Å². The summed E-state index contributed by atoms with van der Waals surface area (Å²) in [6.07, 6.45) is 0.978. The summed E-state index contributed by atoms with van der Waals surface area (Å²) in [4.78, 5) is 14.6. The fourth-order valence-electron chi connectivity index (χ4n) is 1.14. The topological polar surface area (TPSA) is 23.6 Å². The second-order valence-corrected chi connectivity index (χ2v) is 2.77. The van der Waals surface area contributed by atoms with Crippen LogP contribution in [-0.4, -0.2) is 55.9 Å². The molecule has 1 heterocycles. The van der Waals surface area contributed by atoms with Gasteiger partial charge in [0, 0.05) is 26.2 Å². The minimum absolute atomic E-state index is 0.605. The van der Waals surface area contributed by atoms with E-state index in [1.165, 1.54) is 0 Å². The summed E-state index contributed by atoms with van der Waals surface area (Å²) in [5.41, 5.74) is 0. The number of rotatable bonds is 2. The van der Waals surface area contributed by atoms with Crippen LogP contribution < -0.4 is 0 Å². The largest absolute Gasteiger partial charge is 0.304 e. The minimum atomic E-state index is 0.605. The molecule has 0 radical (unpaired) electrons. The first-order chi connectivity index (χ1) is 4.83. The normalized spacial score (nSPS) is 22.9. The molecule has 3 heteroatoms. The summed E-state index contributed by atoms with van der Waals surface area (Å²) in [6, 6.07) is 0. The van der Waals surface area contributed by atoms with Crippen LogP contribution in [0, 0.1) is 0 Å². The number of hydrogen-bond donors (Lipinski definition) is 0. The average Bonchev–Trinajstić information content (AvgIpc) is 1.95. The first-order valence-electron chi connectivity index (χ1n) is 3.67. The van der Waals surface area contributed by atoms with Crippen LogP contribution in [0.15, 0.2) is 0 Å². The second kappa shape index (κ2) is 3.68. The van der Waals surface area contributed by atoms with Gasteiger partial charge in [-0.05, 0) is 7.05 Å². The molecular weight excluding hydrogens is 131 g/mol. The molecule has 1 aliphatic heterocycles. The van der Waals surface area contributed by atoms with Gasteiger partial charge in [-0.25, -0.2) is 0 Å². The Morgan fingerprint density at radius 2 is 1.90 bits per heavy atom. The Hall–Kier alpha value is -0.410. The van der Waals surface area contributed by atoms with Gasteiger partial charge in [0.25, 0.3) is 0 Å². The third-order valence-corrected chi connectivity index (χ3v) is 1.93. The van der Waals surface area contributed by atoms with E-state index in [2.05, 4.69) is 16.8 Å². The summed E-state index contributed by atoms with van der Waals surface area (Å²) in [6.45, 7) is 4.86. The first kappa shape index (κ1) is 7.69. The van der Waals surface area contributed by atoms with Crippen molar-refractivity contribution in [3.05, 3.63) is 0 Å². The van der Waals surface area contributed by atoms with Gasteiger partial charge in [-0.15, -0.1) is 0 Å². The molecule has 0 amide bonds. The number of piperazine rings is 1. The Morgan fingerprint density at radius 3 is 2.40 bits per heavy atom. The van der Waals surface area contributed by atoms with E-state index in [4.69, 9.17) is 0 Å². The predicted molar refractivity (Wildman–Crippen MR) is 40.0 cm³/mol. The fourth-order valence-corrected chi connectivity index (χ4v) is 1.14. The van der Waals surface area contributed by atoms with Gasteiger partial charge in [0.05, 0.1) is 6.54 Å². The number of carbonyl (C=O) groups is 1. The van der Waals surface area contributed by atoms with Crippen LogP contribution >= 0.6 is 0 Å². The summed E-state index contributed by atoms with van der Waals surface area (Å²) >= 11 is 0. The average molecular weight is 145 g/mol. The lowest BCUT2D eigenvalue weighted by atomic mass is 10.4. The van der Waals surface area contributed by atoms with Gasteiger partial charge in [-0.1, -0.05) is 0 Å². The lowest BCUT2D eigenvalue weighted by molar-refractivity contribution is -0.109. The summed E-state index contributed by atoms with van der Waals surface area (Å²) in [5.74, 6) is 0. The van der Waals surface area contributed by atoms with Crippen molar-refractivity contribution in [1.29, 1.82) is 0 Å². The number of hydrogen-bond acceptors (Lipinski definition) is 3. The van der Waals surface area contributed by atoms with E-state index >= 15 is 0 Å². The third-order valence-electron chi connectivity index (χ3n) is 1.93. The van der Waals surface area contributed by atoms with Crippen LogP contribution in [0.2, 0.25) is 0 Å². The van der Waals surface area contributed by atoms with Gasteiger partial charge in [-0.3, -0.25) is 4.90 Å². The Morgan fingerprint density at radius 1 is 1.30 bits per heavy atom. The van der Waals surface area contributed by atoms with Crippen LogP contribution in [0.5, 0.6) is 0 Å². The van der Waals surface area contributed by atoms with Crippen molar-refractivity contribution in [3.63, 3.8) is 0 Å². The first-order valence-corrected chi connectivity index (χ1v) is 3.67. The molecule has 0 unspecified atom stereocenters. The standard InChI is InChI=1S/C7H14N2O/c1-8-2-4-9(5-3-8)6-7-10/h7H,2-6H2,1H3/i6+1,10+2. The van der Waals surface area contributed by atoms with Gasteiger partial charge in [0.15, 0.2) is 0 Å². The van der Waals surface area contributed by atoms with E-state index in [1.54, 1.807) is 0 Å². The fraction of sp³-hybridized carbons (Fsp3) is 0.857. The van der Waals surface area contributed by atoms with Crippen LogP contribution in [0.25, 0.3) is 0 Å². The van der Waals surface area contributed by atoms with E-state index in [9.17, 15) is 4.79 Å². The molecule has 1 fully saturated rings. The lowest BCUT2D eigenvalue weighted by Crippen LogP contribution is -2.44. The molecule has 0 saturated carbocycles. The zero-order chi connectivity index (χ0) is 7.40. The molecule has 3 nitrogen and oxygen atoms in total. The molecule has 58 valence electrons. The van der Waals surface area contributed by atoms with E-state index in [0.29, 0.717) is 6.54 Å². The highest BCUT2D eigenvalue weighted by Gasteiger charge is 2.11. The van der Waals surface area contributed by atoms with Gasteiger partial charge in [-0.2, -0.15) is 0 Å². The lowest BCUT2D eigenvalue weighted by Gasteiger charge is -2.30. The highest BCUT2D eigenvalue weighted by molar-refractivity contribution is 5.51. The predicted octanol–water partition coefficient (Wildman–Crippen LogP) is -0.567. The maximum atomic E-state index is 10.1. The van der Waals surface area contributed by atoms with Crippen LogP contribution in [0.4, 0.5) is 0 Å². The Bertz CT molecular complexity index is 108. The Balaban J connectivity index is 2.19. The zero-order valence-corrected chi connectivity index (χ0v) is 6.42. The molecule has 0 bridgehead atoms. The van der Waals surface area contributed by atoms with Gasteiger partial charge >= 0.3 is 0 Å². The highest BCUT2D eigenvalue weighted by Crippen LogP contribution is 1.96. The molecule has 0 N–H and O–H groups in total. The van der Waals surface area contributed by atoms with Crippen LogP contribution in [-0.2, 0) is 4.79 Å². The molecular formula is C7H14N2O. The summed E-state index contributed by atoms with van der Waals surface area (Å²) < 4.78 is 0. The van der Waals surface area contributed by atoms with Crippen molar-refractivity contribution in [2.24, 2.45) is 0 Å². The minimum Gasteiger partial charge on any atom is -0.304 e. The summed E-state index contributed by atoms with van der Waals surface area (Å²) in [7, 11) is 2.11. The molecule has 0 aromatic carbocycles. The monoisotopic (exact) mass is 145 g/mol. The van der Waals surface area contributed by atoms with E-state index in [0.717, 1.165) is 32.5 Å². The summed E-state index contributed by atoms with van der Waals surface area (Å²) in [5, 5.41) is 0. The molecule has 10 heavy (non-hydrogen) atoms. The molecule has 1 saturated heterocycles. The van der Waals surface area contributed by atoms with Crippen LogP contribution in [0.1, 0.15) is 0 Å². The van der Waals surface area contributed by atoms with Crippen molar-refractivity contribution in [2.75, 3.05) is 39.8 Å². The van der Waals surface area contributed by atoms with Crippen LogP contribution in [0.3, 0.4) is 0 Å². The molecule has 0 atom stereocenters. The maximum Gasteiger partial charge on any atom is 0.133 e. The Labute approximate surface area is 61.6 Å². The zero-order valence-electron chi connectivity index (χ0n) is 6.42. The highest BCUT2D eigenvalue weighted by atomic mass is 18.1. The maximum absolute atomic E-state index is 10.1. The molecule has 0 spiro atoms. The van der Waals surface area contributed by atoms with Gasteiger partial charge < -0.3 is 9.69 Å². The molecule has 1 rings (SSSR count). The number of carbonyl (C=O) groups excluding carboxylic acids is 1. The molecule has 0 aromatic rings. The van der Waals surface area contributed by atoms with Crippen molar-refractivity contribution < 1.29 is 4.79 Å². The number of nitrogens with zero attached hydrogens (tertiary/aromatic N) is 2. The van der Waals surface area contributed by atoms with Gasteiger partial charge in [0.1, 0.15) is 6.29 Å². The number of likely N-dealkylation sites (N-methyl/N-ethyl adjacent to an activating group) is 1. The van der Waals surface area contributed by atoms with Crippen molar-refractivity contribution in [2.45, 2.75) is 0 Å². The van der Waals surface area contributed by atoms with Gasteiger partial charge in [0.2, 0.25) is 0 Å². The van der Waals surface area contributed by atoms with E-state index in [-0.39, 0.29) is 0 Å².